The fourth-order valence-corrected chi connectivity index (χ4v) is 3.21. The van der Waals surface area contributed by atoms with E-state index in [4.69, 9.17) is 16.3 Å². The van der Waals surface area contributed by atoms with Crippen LogP contribution in [0, 0.1) is 0 Å². The molecule has 2 amide bonds. The van der Waals surface area contributed by atoms with Gasteiger partial charge in [0.05, 0.1) is 6.61 Å². The molecule has 1 N–H and O–H groups in total. The van der Waals surface area contributed by atoms with E-state index in [2.05, 4.69) is 5.32 Å². The minimum absolute atomic E-state index is 0.0494. The summed E-state index contributed by atoms with van der Waals surface area (Å²) in [5, 5.41) is 3.50. The topological polar surface area (TPSA) is 58.6 Å². The van der Waals surface area contributed by atoms with Crippen LogP contribution in [-0.2, 0) is 16.1 Å². The van der Waals surface area contributed by atoms with E-state index in [1.165, 1.54) is 0 Å². The van der Waals surface area contributed by atoms with Crippen molar-refractivity contribution in [1.82, 2.24) is 10.2 Å². The average Bonchev–Trinajstić information content (AvgIpc) is 2.73. The number of hydrogen-bond acceptors (Lipinski definition) is 3. The summed E-state index contributed by atoms with van der Waals surface area (Å²) in [6.07, 6.45) is 1.45. The summed E-state index contributed by atoms with van der Waals surface area (Å²) in [6, 6.07) is 16.4. The quantitative estimate of drug-likeness (QED) is 0.551. The van der Waals surface area contributed by atoms with Crippen molar-refractivity contribution in [2.75, 3.05) is 13.2 Å². The molecule has 1 atom stereocenters. The number of amides is 2. The van der Waals surface area contributed by atoms with Gasteiger partial charge in [-0.1, -0.05) is 48.9 Å². The molecule has 0 fully saturated rings. The third-order valence-electron chi connectivity index (χ3n) is 4.55. The van der Waals surface area contributed by atoms with Gasteiger partial charge in [0.2, 0.25) is 11.8 Å². The number of carbonyl (C=O) groups excluding carboxylic acids is 2. The predicted molar refractivity (Wildman–Crippen MR) is 116 cm³/mol. The minimum atomic E-state index is -0.486. The number of carbonyl (C=O) groups is 2. The molecular weight excluding hydrogens is 388 g/mol. The van der Waals surface area contributed by atoms with Gasteiger partial charge >= 0.3 is 0 Å². The molecule has 5 nitrogen and oxygen atoms in total. The van der Waals surface area contributed by atoms with Gasteiger partial charge in [-0.15, -0.1) is 0 Å². The van der Waals surface area contributed by atoms with Gasteiger partial charge in [-0.2, -0.15) is 0 Å². The molecule has 2 aromatic carbocycles. The molecule has 0 spiro atoms. The molecule has 0 bridgehead atoms. The van der Waals surface area contributed by atoms with Crippen molar-refractivity contribution in [2.24, 2.45) is 0 Å². The zero-order valence-corrected chi connectivity index (χ0v) is 17.8. The second kappa shape index (κ2) is 12.1. The van der Waals surface area contributed by atoms with Gasteiger partial charge in [0.1, 0.15) is 11.8 Å². The molecule has 0 aliphatic heterocycles. The van der Waals surface area contributed by atoms with Crippen molar-refractivity contribution in [2.45, 2.75) is 45.7 Å². The van der Waals surface area contributed by atoms with E-state index in [1.807, 2.05) is 44.2 Å². The molecule has 0 saturated carbocycles. The molecule has 0 unspecified atom stereocenters. The zero-order chi connectivity index (χ0) is 21.1. The summed E-state index contributed by atoms with van der Waals surface area (Å²) in [5.41, 5.74) is 1.00. The van der Waals surface area contributed by atoms with Crippen LogP contribution in [0.15, 0.2) is 54.6 Å². The average molecular weight is 417 g/mol. The first-order valence-corrected chi connectivity index (χ1v) is 10.4. The molecular formula is C23H29ClN2O3. The minimum Gasteiger partial charge on any atom is -0.494 e. The standard InChI is InChI=1S/C23H29ClN2O3/c1-3-21(23(28)25-4-2)26(17-18-9-6-5-7-10-18)22(27)11-8-16-29-20-14-12-19(24)13-15-20/h5-7,9-10,12-15,21H,3-4,8,11,16-17H2,1-2H3,(H,25,28)/t21-/m1/s1. The summed E-state index contributed by atoms with van der Waals surface area (Å²) >= 11 is 5.87. The predicted octanol–water partition coefficient (Wildman–Crippen LogP) is 4.44. The first-order chi connectivity index (χ1) is 14.0. The summed E-state index contributed by atoms with van der Waals surface area (Å²) < 4.78 is 5.67. The van der Waals surface area contributed by atoms with E-state index in [0.29, 0.717) is 44.0 Å². The van der Waals surface area contributed by atoms with Crippen LogP contribution in [0.5, 0.6) is 5.75 Å². The lowest BCUT2D eigenvalue weighted by atomic mass is 10.1. The molecule has 156 valence electrons. The molecule has 29 heavy (non-hydrogen) atoms. The van der Waals surface area contributed by atoms with Crippen molar-refractivity contribution >= 4 is 23.4 Å². The number of hydrogen-bond donors (Lipinski definition) is 1. The van der Waals surface area contributed by atoms with E-state index in [1.54, 1.807) is 29.2 Å². The first-order valence-electron chi connectivity index (χ1n) is 10.0. The maximum Gasteiger partial charge on any atom is 0.242 e. The van der Waals surface area contributed by atoms with Crippen molar-refractivity contribution in [3.8, 4) is 5.75 Å². The normalized spacial score (nSPS) is 11.6. The van der Waals surface area contributed by atoms with E-state index in [9.17, 15) is 9.59 Å². The molecule has 0 aliphatic carbocycles. The Balaban J connectivity index is 1.98. The number of nitrogens with zero attached hydrogens (tertiary/aromatic N) is 1. The smallest absolute Gasteiger partial charge is 0.242 e. The number of halogens is 1. The van der Waals surface area contributed by atoms with E-state index < -0.39 is 6.04 Å². The van der Waals surface area contributed by atoms with Crippen molar-refractivity contribution in [1.29, 1.82) is 0 Å². The van der Waals surface area contributed by atoms with Gasteiger partial charge in [-0.3, -0.25) is 9.59 Å². The third-order valence-corrected chi connectivity index (χ3v) is 4.80. The summed E-state index contributed by atoms with van der Waals surface area (Å²) in [4.78, 5) is 27.2. The maximum atomic E-state index is 13.0. The Bertz CT molecular complexity index is 765. The number of likely N-dealkylation sites (N-methyl/N-ethyl adjacent to an activating group) is 1. The van der Waals surface area contributed by atoms with E-state index in [-0.39, 0.29) is 11.8 Å². The van der Waals surface area contributed by atoms with E-state index in [0.717, 1.165) is 11.3 Å². The highest BCUT2D eigenvalue weighted by Crippen LogP contribution is 2.17. The number of ether oxygens (including phenoxy) is 1. The second-order valence-electron chi connectivity index (χ2n) is 6.73. The number of benzene rings is 2. The van der Waals surface area contributed by atoms with Crippen LogP contribution in [0.4, 0.5) is 0 Å². The summed E-state index contributed by atoms with van der Waals surface area (Å²) in [7, 11) is 0. The van der Waals surface area contributed by atoms with Gasteiger partial charge < -0.3 is 15.0 Å². The molecule has 0 aliphatic rings. The fraction of sp³-hybridized carbons (Fsp3) is 0.391. The SMILES string of the molecule is CCNC(=O)[C@@H](CC)N(Cc1ccccc1)C(=O)CCCOc1ccc(Cl)cc1. The van der Waals surface area contributed by atoms with Crippen LogP contribution in [0.1, 0.15) is 38.7 Å². The molecule has 0 radical (unpaired) electrons. The Morgan fingerprint density at radius 1 is 1.07 bits per heavy atom. The van der Waals surface area contributed by atoms with Crippen molar-refractivity contribution in [3.05, 3.63) is 65.2 Å². The fourth-order valence-electron chi connectivity index (χ4n) is 3.08. The van der Waals surface area contributed by atoms with Crippen molar-refractivity contribution < 1.29 is 14.3 Å². The van der Waals surface area contributed by atoms with Crippen LogP contribution in [0.25, 0.3) is 0 Å². The number of nitrogens with one attached hydrogen (secondary N) is 1. The summed E-state index contributed by atoms with van der Waals surface area (Å²) in [5.74, 6) is 0.556. The lowest BCUT2D eigenvalue weighted by Crippen LogP contribution is -2.49. The Morgan fingerprint density at radius 2 is 1.76 bits per heavy atom. The molecule has 0 aromatic heterocycles. The largest absolute Gasteiger partial charge is 0.494 e. The second-order valence-corrected chi connectivity index (χ2v) is 7.17. The number of rotatable bonds is 11. The Kier molecular flexibility index (Phi) is 9.51. The Labute approximate surface area is 178 Å². The monoisotopic (exact) mass is 416 g/mol. The lowest BCUT2D eigenvalue weighted by Gasteiger charge is -2.30. The Morgan fingerprint density at radius 3 is 2.38 bits per heavy atom. The highest BCUT2D eigenvalue weighted by Gasteiger charge is 2.27. The molecule has 0 heterocycles. The van der Waals surface area contributed by atoms with Crippen LogP contribution < -0.4 is 10.1 Å². The highest BCUT2D eigenvalue weighted by atomic mass is 35.5. The van der Waals surface area contributed by atoms with Crippen LogP contribution in [-0.4, -0.2) is 35.9 Å². The van der Waals surface area contributed by atoms with Gasteiger partial charge in [0, 0.05) is 24.5 Å². The van der Waals surface area contributed by atoms with E-state index >= 15 is 0 Å². The molecule has 0 saturated heterocycles. The Hall–Kier alpha value is -2.53. The molecule has 2 rings (SSSR count). The van der Waals surface area contributed by atoms with Gasteiger partial charge in [0.15, 0.2) is 0 Å². The van der Waals surface area contributed by atoms with Crippen molar-refractivity contribution in [3.63, 3.8) is 0 Å². The van der Waals surface area contributed by atoms with Crippen LogP contribution in [0.2, 0.25) is 5.02 Å². The van der Waals surface area contributed by atoms with Crippen LogP contribution >= 0.6 is 11.6 Å². The third kappa shape index (κ3) is 7.42. The maximum absolute atomic E-state index is 13.0. The first kappa shape index (κ1) is 22.8. The van der Waals surface area contributed by atoms with Gasteiger partial charge in [-0.05, 0) is 49.6 Å². The van der Waals surface area contributed by atoms with Gasteiger partial charge in [0.25, 0.3) is 0 Å². The summed E-state index contributed by atoms with van der Waals surface area (Å²) in [6.45, 7) is 5.17. The van der Waals surface area contributed by atoms with Gasteiger partial charge in [-0.25, -0.2) is 0 Å². The molecule has 2 aromatic rings. The zero-order valence-electron chi connectivity index (χ0n) is 17.1. The van der Waals surface area contributed by atoms with Crippen LogP contribution in [0.3, 0.4) is 0 Å². The lowest BCUT2D eigenvalue weighted by molar-refractivity contribution is -0.141. The molecule has 6 heteroatoms. The highest BCUT2D eigenvalue weighted by molar-refractivity contribution is 6.30.